The van der Waals surface area contributed by atoms with E-state index >= 15 is 0 Å². The third-order valence-electron chi connectivity index (χ3n) is 5.01. The van der Waals surface area contributed by atoms with Gasteiger partial charge in [0, 0.05) is 26.2 Å². The molecule has 1 amide bonds. The number of carbonyl (C=O) groups is 1. The quantitative estimate of drug-likeness (QED) is 0.865. The molecule has 2 N–H and O–H groups in total. The van der Waals surface area contributed by atoms with Crippen molar-refractivity contribution in [2.75, 3.05) is 26.2 Å². The summed E-state index contributed by atoms with van der Waals surface area (Å²) in [4.78, 5) is 14.6. The Bertz CT molecular complexity index is 531. The Morgan fingerprint density at radius 3 is 2.58 bits per heavy atom. The highest BCUT2D eigenvalue weighted by atomic mass is 16.3. The minimum atomic E-state index is -0.910. The number of likely N-dealkylation sites (tertiary alicyclic amines) is 1. The van der Waals surface area contributed by atoms with Crippen molar-refractivity contribution in [3.05, 3.63) is 35.9 Å². The standard InChI is InChI=1S/C19H29N3O2/c23-18(20-22-12-5-2-6-13-22)14-19(24)10-7-11-21(16-19)15-17-8-3-1-4-9-17/h1,3-4,8-9,24H,2,5-7,10-16H2,(H,20,23). The van der Waals surface area contributed by atoms with Gasteiger partial charge in [-0.15, -0.1) is 0 Å². The molecular weight excluding hydrogens is 302 g/mol. The average Bonchev–Trinajstić information content (AvgIpc) is 2.56. The van der Waals surface area contributed by atoms with Crippen molar-refractivity contribution in [2.45, 2.75) is 50.7 Å². The molecule has 0 bridgehead atoms. The Morgan fingerprint density at radius 2 is 1.83 bits per heavy atom. The second kappa shape index (κ2) is 8.10. The molecule has 2 fully saturated rings. The number of benzene rings is 1. The molecule has 0 aromatic heterocycles. The number of amides is 1. The fourth-order valence-corrected chi connectivity index (χ4v) is 3.85. The van der Waals surface area contributed by atoms with E-state index < -0.39 is 5.60 Å². The second-order valence-electron chi connectivity index (χ2n) is 7.28. The molecule has 0 radical (unpaired) electrons. The molecule has 5 nitrogen and oxygen atoms in total. The van der Waals surface area contributed by atoms with Gasteiger partial charge in [0.25, 0.3) is 0 Å². The lowest BCUT2D eigenvalue weighted by Crippen LogP contribution is -2.52. The second-order valence-corrected chi connectivity index (χ2v) is 7.28. The Morgan fingerprint density at radius 1 is 1.08 bits per heavy atom. The molecule has 0 aliphatic carbocycles. The van der Waals surface area contributed by atoms with Gasteiger partial charge in [-0.3, -0.25) is 15.1 Å². The zero-order valence-corrected chi connectivity index (χ0v) is 14.4. The van der Waals surface area contributed by atoms with Crippen molar-refractivity contribution in [3.8, 4) is 0 Å². The van der Waals surface area contributed by atoms with Crippen LogP contribution in [-0.2, 0) is 11.3 Å². The van der Waals surface area contributed by atoms with Crippen molar-refractivity contribution in [3.63, 3.8) is 0 Å². The Labute approximate surface area is 144 Å². The molecule has 1 aromatic carbocycles. The highest BCUT2D eigenvalue weighted by molar-refractivity contribution is 5.76. The maximum Gasteiger partial charge on any atom is 0.237 e. The first-order chi connectivity index (χ1) is 11.6. The highest BCUT2D eigenvalue weighted by Gasteiger charge is 2.35. The van der Waals surface area contributed by atoms with E-state index in [4.69, 9.17) is 0 Å². The van der Waals surface area contributed by atoms with Gasteiger partial charge < -0.3 is 5.11 Å². The van der Waals surface area contributed by atoms with Crippen molar-refractivity contribution in [1.82, 2.24) is 15.3 Å². The number of nitrogens with zero attached hydrogens (tertiary/aromatic N) is 2. The summed E-state index contributed by atoms with van der Waals surface area (Å²) < 4.78 is 0. The van der Waals surface area contributed by atoms with Gasteiger partial charge in [-0.25, -0.2) is 5.01 Å². The number of β-amino-alcohol motifs (C(OH)–C–C–N with tert-alkyl or cyclic N) is 1. The normalized spacial score (nSPS) is 26.2. The van der Waals surface area contributed by atoms with E-state index in [1.807, 2.05) is 23.2 Å². The van der Waals surface area contributed by atoms with E-state index in [-0.39, 0.29) is 12.3 Å². The summed E-state index contributed by atoms with van der Waals surface area (Å²) in [5, 5.41) is 12.9. The van der Waals surface area contributed by atoms with Crippen LogP contribution in [0.2, 0.25) is 0 Å². The van der Waals surface area contributed by atoms with Crippen molar-refractivity contribution in [1.29, 1.82) is 0 Å². The van der Waals surface area contributed by atoms with Crippen LogP contribution in [0.5, 0.6) is 0 Å². The molecule has 2 aliphatic rings. The molecule has 132 valence electrons. The molecule has 0 spiro atoms. The van der Waals surface area contributed by atoms with Gasteiger partial charge in [0.05, 0.1) is 12.0 Å². The van der Waals surface area contributed by atoms with Crippen LogP contribution in [0.1, 0.15) is 44.1 Å². The van der Waals surface area contributed by atoms with E-state index in [1.54, 1.807) is 0 Å². The Balaban J connectivity index is 1.51. The molecule has 24 heavy (non-hydrogen) atoms. The molecular formula is C19H29N3O2. The zero-order valence-electron chi connectivity index (χ0n) is 14.4. The highest BCUT2D eigenvalue weighted by Crippen LogP contribution is 2.25. The van der Waals surface area contributed by atoms with Crippen molar-refractivity contribution in [2.24, 2.45) is 0 Å². The molecule has 2 saturated heterocycles. The van der Waals surface area contributed by atoms with Crippen LogP contribution in [0.25, 0.3) is 0 Å². The number of hydrazine groups is 1. The SMILES string of the molecule is O=C(CC1(O)CCCN(Cc2ccccc2)C1)NN1CCCCC1. The van der Waals surface area contributed by atoms with Crippen LogP contribution in [-0.4, -0.2) is 52.7 Å². The number of nitrogens with one attached hydrogen (secondary N) is 1. The summed E-state index contributed by atoms with van der Waals surface area (Å²) in [6.45, 7) is 4.21. The van der Waals surface area contributed by atoms with Gasteiger partial charge in [0.1, 0.15) is 0 Å². The topological polar surface area (TPSA) is 55.8 Å². The minimum absolute atomic E-state index is 0.0547. The summed E-state index contributed by atoms with van der Waals surface area (Å²) in [6, 6.07) is 10.3. The van der Waals surface area contributed by atoms with Gasteiger partial charge in [0.15, 0.2) is 0 Å². The molecule has 1 unspecified atom stereocenters. The number of hydrogen-bond acceptors (Lipinski definition) is 4. The van der Waals surface area contributed by atoms with Gasteiger partial charge in [-0.2, -0.15) is 0 Å². The fraction of sp³-hybridized carbons (Fsp3) is 0.632. The summed E-state index contributed by atoms with van der Waals surface area (Å²) >= 11 is 0. The number of rotatable bonds is 5. The maximum atomic E-state index is 12.3. The van der Waals surface area contributed by atoms with Crippen LogP contribution in [0.15, 0.2) is 30.3 Å². The van der Waals surface area contributed by atoms with E-state index in [0.717, 1.165) is 45.4 Å². The lowest BCUT2D eigenvalue weighted by Gasteiger charge is -2.39. The molecule has 5 heteroatoms. The van der Waals surface area contributed by atoms with E-state index in [9.17, 15) is 9.90 Å². The third kappa shape index (κ3) is 5.03. The van der Waals surface area contributed by atoms with Crippen LogP contribution in [0.3, 0.4) is 0 Å². The van der Waals surface area contributed by atoms with Crippen LogP contribution in [0, 0.1) is 0 Å². The van der Waals surface area contributed by atoms with Crippen LogP contribution >= 0.6 is 0 Å². The smallest absolute Gasteiger partial charge is 0.237 e. The van der Waals surface area contributed by atoms with Crippen molar-refractivity contribution >= 4 is 5.91 Å². The summed E-state index contributed by atoms with van der Waals surface area (Å²) in [5.74, 6) is -0.0547. The molecule has 2 aliphatic heterocycles. The average molecular weight is 331 g/mol. The first kappa shape index (κ1) is 17.4. The first-order valence-electron chi connectivity index (χ1n) is 9.16. The van der Waals surface area contributed by atoms with Crippen LogP contribution < -0.4 is 5.43 Å². The van der Waals surface area contributed by atoms with E-state index in [0.29, 0.717) is 13.0 Å². The number of aliphatic hydroxyl groups is 1. The van der Waals surface area contributed by atoms with E-state index in [1.165, 1.54) is 12.0 Å². The molecule has 2 heterocycles. The molecule has 0 saturated carbocycles. The fourth-order valence-electron chi connectivity index (χ4n) is 3.85. The summed E-state index contributed by atoms with van der Waals surface area (Å²) in [5.41, 5.74) is 3.31. The predicted octanol–water partition coefficient (Wildman–Crippen LogP) is 1.92. The predicted molar refractivity (Wildman–Crippen MR) is 94.1 cm³/mol. The maximum absolute atomic E-state index is 12.3. The third-order valence-corrected chi connectivity index (χ3v) is 5.01. The minimum Gasteiger partial charge on any atom is -0.388 e. The van der Waals surface area contributed by atoms with Gasteiger partial charge in [0.2, 0.25) is 5.91 Å². The monoisotopic (exact) mass is 331 g/mol. The largest absolute Gasteiger partial charge is 0.388 e. The summed E-state index contributed by atoms with van der Waals surface area (Å²) in [6.07, 6.45) is 5.33. The van der Waals surface area contributed by atoms with Crippen LogP contribution in [0.4, 0.5) is 0 Å². The zero-order chi connectivity index (χ0) is 16.8. The van der Waals surface area contributed by atoms with Gasteiger partial charge in [-0.05, 0) is 37.8 Å². The van der Waals surface area contributed by atoms with Gasteiger partial charge in [-0.1, -0.05) is 36.8 Å². The van der Waals surface area contributed by atoms with E-state index in [2.05, 4.69) is 22.5 Å². The van der Waals surface area contributed by atoms with Gasteiger partial charge >= 0.3 is 0 Å². The number of hydrogen-bond donors (Lipinski definition) is 2. The Kier molecular flexibility index (Phi) is 5.87. The van der Waals surface area contributed by atoms with Crippen molar-refractivity contribution < 1.29 is 9.90 Å². The first-order valence-corrected chi connectivity index (χ1v) is 9.16. The molecule has 3 rings (SSSR count). The lowest BCUT2D eigenvalue weighted by molar-refractivity contribution is -0.134. The number of piperidine rings is 2. The Hall–Kier alpha value is -1.43. The number of carbonyl (C=O) groups excluding carboxylic acids is 1. The summed E-state index contributed by atoms with van der Waals surface area (Å²) in [7, 11) is 0. The lowest BCUT2D eigenvalue weighted by atomic mass is 9.89. The molecule has 1 aromatic rings. The molecule has 1 atom stereocenters.